The third kappa shape index (κ3) is 2.53. The monoisotopic (exact) mass is 362 g/mol. The number of aromatic nitrogens is 1. The Morgan fingerprint density at radius 2 is 1.50 bits per heavy atom. The molecule has 0 saturated heterocycles. The van der Waals surface area contributed by atoms with Crippen molar-refractivity contribution in [3.63, 3.8) is 0 Å². The van der Waals surface area contributed by atoms with E-state index in [9.17, 15) is 0 Å². The fourth-order valence-electron chi connectivity index (χ4n) is 4.50. The normalized spacial score (nSPS) is 19.1. The van der Waals surface area contributed by atoms with E-state index < -0.39 is 0 Å². The highest BCUT2D eigenvalue weighted by atomic mass is 14.6. The zero-order chi connectivity index (χ0) is 19.1. The highest BCUT2D eigenvalue weighted by molar-refractivity contribution is 6.15. The van der Waals surface area contributed by atoms with Crippen LogP contribution in [0.2, 0.25) is 0 Å². The minimum Gasteiger partial charge on any atom is -0.399 e. The molecular formula is C26H22N2. The van der Waals surface area contributed by atoms with Crippen LogP contribution in [0, 0.1) is 0 Å². The molecule has 0 bridgehead atoms. The summed E-state index contributed by atoms with van der Waals surface area (Å²) in [6.07, 6.45) is 11.1. The first-order valence-electron chi connectivity index (χ1n) is 9.66. The molecule has 136 valence electrons. The zero-order valence-corrected chi connectivity index (χ0v) is 15.9. The number of nitrogens with zero attached hydrogens (tertiary/aromatic N) is 1. The summed E-state index contributed by atoms with van der Waals surface area (Å²) < 4.78 is 0. The fourth-order valence-corrected chi connectivity index (χ4v) is 4.50. The van der Waals surface area contributed by atoms with Crippen LogP contribution in [0.25, 0.3) is 32.7 Å². The smallest absolute Gasteiger partial charge is 0.0346 e. The SMILES string of the molecule is CC1(c2c3ccccc3c(-c3cccnc3)c3ccccc23)C=CC(N)=CC1. The standard InChI is InChI=1S/C26H22N2/c1-26(14-12-19(27)13-15-26)25-22-10-4-2-8-20(22)24(18-7-6-16-28-17-18)21-9-3-5-11-23(21)25/h2-14,16-17H,15,27H2,1H3. The molecule has 0 amide bonds. The van der Waals surface area contributed by atoms with E-state index >= 15 is 0 Å². The Balaban J connectivity index is 1.95. The molecule has 3 aromatic carbocycles. The Bertz CT molecular complexity index is 1190. The van der Waals surface area contributed by atoms with Gasteiger partial charge in [-0.1, -0.05) is 73.7 Å². The van der Waals surface area contributed by atoms with E-state index in [2.05, 4.69) is 78.7 Å². The van der Waals surface area contributed by atoms with Gasteiger partial charge in [-0.25, -0.2) is 0 Å². The Labute approximate surface area is 165 Å². The predicted octanol–water partition coefficient (Wildman–Crippen LogP) is 6.12. The largest absolute Gasteiger partial charge is 0.399 e. The number of rotatable bonds is 2. The van der Waals surface area contributed by atoms with Crippen molar-refractivity contribution in [3.8, 4) is 11.1 Å². The Morgan fingerprint density at radius 3 is 2.04 bits per heavy atom. The van der Waals surface area contributed by atoms with E-state index in [4.69, 9.17) is 5.73 Å². The van der Waals surface area contributed by atoms with Crippen molar-refractivity contribution < 1.29 is 0 Å². The lowest BCUT2D eigenvalue weighted by molar-refractivity contribution is 0.606. The van der Waals surface area contributed by atoms with Crippen molar-refractivity contribution in [1.29, 1.82) is 0 Å². The molecule has 2 nitrogen and oxygen atoms in total. The molecule has 0 saturated carbocycles. The van der Waals surface area contributed by atoms with Gasteiger partial charge in [0.25, 0.3) is 0 Å². The van der Waals surface area contributed by atoms with Crippen molar-refractivity contribution in [2.45, 2.75) is 18.8 Å². The Kier molecular flexibility index (Phi) is 3.80. The number of benzene rings is 3. The van der Waals surface area contributed by atoms with Crippen LogP contribution in [0.3, 0.4) is 0 Å². The summed E-state index contributed by atoms with van der Waals surface area (Å²) in [6, 6.07) is 21.6. The number of allylic oxidation sites excluding steroid dienone is 3. The zero-order valence-electron chi connectivity index (χ0n) is 15.9. The molecule has 0 spiro atoms. The molecule has 1 heterocycles. The summed E-state index contributed by atoms with van der Waals surface area (Å²) in [7, 11) is 0. The molecule has 1 aliphatic rings. The summed E-state index contributed by atoms with van der Waals surface area (Å²) in [5, 5.41) is 5.12. The third-order valence-corrected chi connectivity index (χ3v) is 5.86. The van der Waals surface area contributed by atoms with Gasteiger partial charge in [-0.3, -0.25) is 4.98 Å². The maximum atomic E-state index is 6.03. The first-order chi connectivity index (χ1) is 13.7. The lowest BCUT2D eigenvalue weighted by atomic mass is 9.72. The molecule has 0 radical (unpaired) electrons. The molecule has 5 rings (SSSR count). The van der Waals surface area contributed by atoms with Gasteiger partial charge in [-0.15, -0.1) is 0 Å². The molecule has 4 aromatic rings. The highest BCUT2D eigenvalue weighted by Crippen LogP contribution is 2.46. The molecule has 1 aliphatic carbocycles. The van der Waals surface area contributed by atoms with Crippen molar-refractivity contribution >= 4 is 21.5 Å². The lowest BCUT2D eigenvalue weighted by Crippen LogP contribution is -2.22. The number of fused-ring (bicyclic) bond motifs is 2. The van der Waals surface area contributed by atoms with Gasteiger partial charge in [0.15, 0.2) is 0 Å². The van der Waals surface area contributed by atoms with Gasteiger partial charge in [-0.05, 0) is 51.2 Å². The lowest BCUT2D eigenvalue weighted by Gasteiger charge is -2.32. The number of hydrogen-bond donors (Lipinski definition) is 1. The van der Waals surface area contributed by atoms with Crippen LogP contribution in [0.1, 0.15) is 18.9 Å². The molecule has 1 aromatic heterocycles. The average Bonchev–Trinajstić information content (AvgIpc) is 2.74. The molecule has 0 aliphatic heterocycles. The van der Waals surface area contributed by atoms with Crippen LogP contribution in [-0.2, 0) is 5.41 Å². The molecule has 1 atom stereocenters. The minimum absolute atomic E-state index is 0.102. The van der Waals surface area contributed by atoms with Crippen LogP contribution in [-0.4, -0.2) is 4.98 Å². The molecule has 2 heteroatoms. The minimum atomic E-state index is -0.102. The van der Waals surface area contributed by atoms with Crippen LogP contribution < -0.4 is 5.73 Å². The van der Waals surface area contributed by atoms with Gasteiger partial charge < -0.3 is 5.73 Å². The van der Waals surface area contributed by atoms with Gasteiger partial charge in [0.1, 0.15) is 0 Å². The second kappa shape index (κ2) is 6.35. The van der Waals surface area contributed by atoms with Crippen LogP contribution >= 0.6 is 0 Å². The van der Waals surface area contributed by atoms with E-state index in [1.54, 1.807) is 0 Å². The number of nitrogens with two attached hydrogens (primary N) is 1. The maximum absolute atomic E-state index is 6.03. The molecular weight excluding hydrogens is 340 g/mol. The Morgan fingerprint density at radius 1 is 0.857 bits per heavy atom. The summed E-state index contributed by atoms with van der Waals surface area (Å²) in [5.41, 5.74) is 10.5. The second-order valence-electron chi connectivity index (χ2n) is 7.74. The van der Waals surface area contributed by atoms with Gasteiger partial charge in [-0.2, -0.15) is 0 Å². The fraction of sp³-hybridized carbons (Fsp3) is 0.115. The second-order valence-corrected chi connectivity index (χ2v) is 7.74. The van der Waals surface area contributed by atoms with Gasteiger partial charge in [0.2, 0.25) is 0 Å². The maximum Gasteiger partial charge on any atom is 0.0346 e. The van der Waals surface area contributed by atoms with Gasteiger partial charge >= 0.3 is 0 Å². The van der Waals surface area contributed by atoms with E-state index in [1.165, 1.54) is 32.7 Å². The van der Waals surface area contributed by atoms with Gasteiger partial charge in [0, 0.05) is 29.1 Å². The van der Waals surface area contributed by atoms with E-state index in [0.29, 0.717) is 0 Å². The van der Waals surface area contributed by atoms with Crippen molar-refractivity contribution in [2.75, 3.05) is 0 Å². The first kappa shape index (κ1) is 16.8. The van der Waals surface area contributed by atoms with Crippen molar-refractivity contribution in [1.82, 2.24) is 4.98 Å². The number of pyridine rings is 1. The molecule has 0 fully saturated rings. The van der Waals surface area contributed by atoms with Crippen molar-refractivity contribution in [3.05, 3.63) is 103 Å². The summed E-state index contributed by atoms with van der Waals surface area (Å²) in [6.45, 7) is 2.31. The highest BCUT2D eigenvalue weighted by Gasteiger charge is 2.30. The first-order valence-corrected chi connectivity index (χ1v) is 9.66. The number of hydrogen-bond acceptors (Lipinski definition) is 2. The van der Waals surface area contributed by atoms with Gasteiger partial charge in [0.05, 0.1) is 0 Å². The molecule has 2 N–H and O–H groups in total. The molecule has 28 heavy (non-hydrogen) atoms. The predicted molar refractivity (Wildman–Crippen MR) is 118 cm³/mol. The molecule has 1 unspecified atom stereocenters. The summed E-state index contributed by atoms with van der Waals surface area (Å²) in [5.74, 6) is 0. The van der Waals surface area contributed by atoms with E-state index in [-0.39, 0.29) is 5.41 Å². The van der Waals surface area contributed by atoms with E-state index in [0.717, 1.165) is 17.7 Å². The third-order valence-electron chi connectivity index (χ3n) is 5.86. The van der Waals surface area contributed by atoms with Crippen LogP contribution in [0.4, 0.5) is 0 Å². The summed E-state index contributed by atoms with van der Waals surface area (Å²) >= 11 is 0. The van der Waals surface area contributed by atoms with E-state index in [1.807, 2.05) is 24.5 Å². The quantitative estimate of drug-likeness (QED) is 0.437. The topological polar surface area (TPSA) is 38.9 Å². The summed E-state index contributed by atoms with van der Waals surface area (Å²) in [4.78, 5) is 4.38. The van der Waals surface area contributed by atoms with Crippen LogP contribution in [0.5, 0.6) is 0 Å². The van der Waals surface area contributed by atoms with Crippen LogP contribution in [0.15, 0.2) is 97.0 Å². The van der Waals surface area contributed by atoms with Crippen molar-refractivity contribution in [2.24, 2.45) is 5.73 Å². The Hall–Kier alpha value is -3.39. The average molecular weight is 362 g/mol.